The zero-order valence-corrected chi connectivity index (χ0v) is 12.1. The fourth-order valence-electron chi connectivity index (χ4n) is 1.49. The lowest BCUT2D eigenvalue weighted by atomic mass is 10.2. The summed E-state index contributed by atoms with van der Waals surface area (Å²) in [6.07, 6.45) is 1.07. The van der Waals surface area contributed by atoms with Crippen LogP contribution >= 0.6 is 11.8 Å². The summed E-state index contributed by atoms with van der Waals surface area (Å²) in [5, 5.41) is 0.852. The molecule has 1 fully saturated rings. The van der Waals surface area contributed by atoms with Crippen LogP contribution in [0.15, 0.2) is 32.9 Å². The van der Waals surface area contributed by atoms with E-state index in [0.717, 1.165) is 28.6 Å². The number of nitrogens with zero attached hydrogens (tertiary/aromatic N) is 1. The molecule has 3 nitrogen and oxygen atoms in total. The summed E-state index contributed by atoms with van der Waals surface area (Å²) in [6, 6.07) is 6.88. The summed E-state index contributed by atoms with van der Waals surface area (Å²) < 4.78 is 28.1. The van der Waals surface area contributed by atoms with E-state index in [2.05, 4.69) is 3.77 Å². The van der Waals surface area contributed by atoms with Gasteiger partial charge in [-0.25, -0.2) is 0 Å². The molecule has 0 bridgehead atoms. The fourth-order valence-corrected chi connectivity index (χ4v) is 7.01. The van der Waals surface area contributed by atoms with E-state index in [0.29, 0.717) is 4.90 Å². The predicted molar refractivity (Wildman–Crippen MR) is 75.0 cm³/mol. The molecule has 6 heteroatoms. The minimum Gasteiger partial charge on any atom is -0.199 e. The first kappa shape index (κ1) is 13.1. The highest BCUT2D eigenvalue weighted by atomic mass is 32.3. The summed E-state index contributed by atoms with van der Waals surface area (Å²) in [5.41, 5.74) is 1.06. The first-order valence-electron chi connectivity index (χ1n) is 5.38. The second kappa shape index (κ2) is 5.54. The van der Waals surface area contributed by atoms with Crippen LogP contribution < -0.4 is 0 Å². The monoisotopic (exact) mass is 289 g/mol. The molecule has 2 rings (SSSR count). The molecule has 1 saturated heterocycles. The first-order chi connectivity index (χ1) is 8.08. The highest BCUT2D eigenvalue weighted by Crippen LogP contribution is 2.19. The van der Waals surface area contributed by atoms with Crippen LogP contribution in [0.5, 0.6) is 0 Å². The van der Waals surface area contributed by atoms with Crippen LogP contribution in [-0.2, 0) is 20.7 Å². The van der Waals surface area contributed by atoms with Gasteiger partial charge >= 0.3 is 0 Å². The normalized spacial score (nSPS) is 21.6. The second-order valence-electron chi connectivity index (χ2n) is 3.91. The van der Waals surface area contributed by atoms with E-state index in [-0.39, 0.29) is 10.7 Å². The Bertz CT molecular complexity index is 512. The van der Waals surface area contributed by atoms with Gasteiger partial charge in [0.2, 0.25) is 0 Å². The molecule has 0 aromatic heterocycles. The average molecular weight is 289 g/mol. The molecule has 1 unspecified atom stereocenters. The maximum atomic E-state index is 12.0. The number of sulfonamides is 1. The largest absolute Gasteiger partial charge is 0.287 e. The molecule has 1 aliphatic rings. The molecule has 0 amide bonds. The zero-order chi connectivity index (χ0) is 12.3. The van der Waals surface area contributed by atoms with E-state index in [1.165, 1.54) is 0 Å². The Hall–Kier alpha value is -0.330. The van der Waals surface area contributed by atoms with Crippen molar-refractivity contribution in [3.8, 4) is 0 Å². The lowest BCUT2D eigenvalue weighted by Crippen LogP contribution is -2.10. The van der Waals surface area contributed by atoms with Crippen LogP contribution in [0.1, 0.15) is 12.0 Å². The van der Waals surface area contributed by atoms with Crippen LogP contribution in [0, 0.1) is 6.92 Å². The Labute approximate surface area is 109 Å². The fraction of sp³-hybridized carbons (Fsp3) is 0.455. The van der Waals surface area contributed by atoms with Crippen molar-refractivity contribution in [1.82, 2.24) is 0 Å². The molecule has 0 radical (unpaired) electrons. The van der Waals surface area contributed by atoms with Crippen LogP contribution in [0.2, 0.25) is 0 Å². The predicted octanol–water partition coefficient (Wildman–Crippen LogP) is 2.58. The van der Waals surface area contributed by atoms with Crippen molar-refractivity contribution in [3.05, 3.63) is 29.8 Å². The third-order valence-electron chi connectivity index (χ3n) is 2.41. The van der Waals surface area contributed by atoms with Crippen molar-refractivity contribution in [2.45, 2.75) is 18.2 Å². The van der Waals surface area contributed by atoms with Gasteiger partial charge in [-0.05, 0) is 31.2 Å². The van der Waals surface area contributed by atoms with E-state index in [9.17, 15) is 8.42 Å². The number of aryl methyl sites for hydroxylation is 1. The van der Waals surface area contributed by atoms with Crippen molar-refractivity contribution in [3.63, 3.8) is 0 Å². The van der Waals surface area contributed by atoms with Crippen LogP contribution in [0.4, 0.5) is 0 Å². The van der Waals surface area contributed by atoms with Gasteiger partial charge in [0.25, 0.3) is 10.0 Å². The molecular formula is C11H15NO2S3. The molecular weight excluding hydrogens is 274 g/mol. The maximum Gasteiger partial charge on any atom is 0.287 e. The number of rotatable bonds is 2. The van der Waals surface area contributed by atoms with Gasteiger partial charge in [0, 0.05) is 5.75 Å². The van der Waals surface area contributed by atoms with Gasteiger partial charge < -0.3 is 0 Å². The van der Waals surface area contributed by atoms with Crippen LogP contribution in [-0.4, -0.2) is 25.0 Å². The summed E-state index contributed by atoms with van der Waals surface area (Å²) in [4.78, 5) is 0.311. The van der Waals surface area contributed by atoms with Gasteiger partial charge in [-0.3, -0.25) is 0 Å². The van der Waals surface area contributed by atoms with Gasteiger partial charge in [0.15, 0.2) is 0 Å². The Kier molecular flexibility index (Phi) is 4.27. The van der Waals surface area contributed by atoms with Gasteiger partial charge in [0.1, 0.15) is 0 Å². The lowest BCUT2D eigenvalue weighted by molar-refractivity contribution is 0.598. The van der Waals surface area contributed by atoms with Gasteiger partial charge in [-0.15, -0.1) is 15.5 Å². The quantitative estimate of drug-likeness (QED) is 0.840. The summed E-state index contributed by atoms with van der Waals surface area (Å²) in [7, 11) is -3.77. The number of hydrogen-bond acceptors (Lipinski definition) is 3. The third-order valence-corrected chi connectivity index (χ3v) is 8.00. The van der Waals surface area contributed by atoms with Crippen LogP contribution in [0.25, 0.3) is 0 Å². The van der Waals surface area contributed by atoms with Crippen molar-refractivity contribution in [1.29, 1.82) is 0 Å². The Morgan fingerprint density at radius 2 is 2.00 bits per heavy atom. The Balaban J connectivity index is 2.27. The van der Waals surface area contributed by atoms with Crippen molar-refractivity contribution >= 4 is 32.5 Å². The molecule has 94 valence electrons. The summed E-state index contributed by atoms with van der Waals surface area (Å²) in [6.45, 7) is 1.94. The lowest BCUT2D eigenvalue weighted by Gasteiger charge is -2.13. The highest BCUT2D eigenvalue weighted by molar-refractivity contribution is 8.13. The standard InChI is InChI=1S/C11H15NO2S3/c1-10-3-5-11(6-4-10)17(13,14)12-16-8-2-7-15-9-16/h3-6H,2,7-9H2,1H3. The number of hydrogen-bond donors (Lipinski definition) is 0. The van der Waals surface area contributed by atoms with Gasteiger partial charge in [0.05, 0.1) is 9.98 Å². The van der Waals surface area contributed by atoms with Gasteiger partial charge in [-0.2, -0.15) is 8.42 Å². The van der Waals surface area contributed by atoms with E-state index in [4.69, 9.17) is 0 Å². The minimum atomic E-state index is -3.45. The Morgan fingerprint density at radius 1 is 1.29 bits per heavy atom. The maximum absolute atomic E-state index is 12.0. The molecule has 1 heterocycles. The van der Waals surface area contributed by atoms with E-state index >= 15 is 0 Å². The topological polar surface area (TPSA) is 46.5 Å². The molecule has 1 aromatic rings. The molecule has 1 aromatic carbocycles. The average Bonchev–Trinajstić information content (AvgIpc) is 2.30. The highest BCUT2D eigenvalue weighted by Gasteiger charge is 2.15. The van der Waals surface area contributed by atoms with E-state index in [1.54, 1.807) is 36.0 Å². The molecule has 0 spiro atoms. The minimum absolute atomic E-state index is 0.311. The molecule has 17 heavy (non-hydrogen) atoms. The molecule has 0 aliphatic carbocycles. The second-order valence-corrected chi connectivity index (χ2v) is 9.02. The van der Waals surface area contributed by atoms with Crippen LogP contribution in [0.3, 0.4) is 0 Å². The van der Waals surface area contributed by atoms with E-state index < -0.39 is 10.0 Å². The molecule has 0 saturated carbocycles. The molecule has 1 atom stereocenters. The summed E-state index contributed by atoms with van der Waals surface area (Å²) in [5.74, 6) is 2.04. The molecule has 1 aliphatic heterocycles. The first-order valence-corrected chi connectivity index (χ1v) is 9.49. The van der Waals surface area contributed by atoms with Crippen molar-refractivity contribution < 1.29 is 8.42 Å². The number of thioether (sulfide) groups is 1. The zero-order valence-electron chi connectivity index (χ0n) is 9.63. The third kappa shape index (κ3) is 3.56. The Morgan fingerprint density at radius 3 is 2.59 bits per heavy atom. The number of benzene rings is 1. The van der Waals surface area contributed by atoms with E-state index in [1.807, 2.05) is 6.92 Å². The van der Waals surface area contributed by atoms with Crippen molar-refractivity contribution in [2.24, 2.45) is 3.77 Å². The van der Waals surface area contributed by atoms with Crippen molar-refractivity contribution in [2.75, 3.05) is 16.6 Å². The van der Waals surface area contributed by atoms with Gasteiger partial charge in [-0.1, -0.05) is 28.4 Å². The smallest absolute Gasteiger partial charge is 0.199 e. The summed E-state index contributed by atoms with van der Waals surface area (Å²) >= 11 is 1.80. The molecule has 0 N–H and O–H groups in total. The SMILES string of the molecule is Cc1ccc(S(=O)(=O)/N=S2\CCCSC2)cc1.